The molecule has 0 aliphatic heterocycles. The Morgan fingerprint density at radius 1 is 1.45 bits per heavy atom. The SMILES string of the molecule is C=C(C)c1cccc(F)c1C. The summed E-state index contributed by atoms with van der Waals surface area (Å²) in [5.41, 5.74) is 2.49. The minimum Gasteiger partial charge on any atom is -0.207 e. The topological polar surface area (TPSA) is 0 Å². The van der Waals surface area contributed by atoms with Gasteiger partial charge in [-0.1, -0.05) is 24.3 Å². The van der Waals surface area contributed by atoms with E-state index < -0.39 is 0 Å². The Morgan fingerprint density at radius 2 is 2.09 bits per heavy atom. The van der Waals surface area contributed by atoms with Crippen molar-refractivity contribution in [1.29, 1.82) is 0 Å². The van der Waals surface area contributed by atoms with Gasteiger partial charge in [0.1, 0.15) is 5.82 Å². The summed E-state index contributed by atoms with van der Waals surface area (Å²) in [6.45, 7) is 7.40. The molecule has 11 heavy (non-hydrogen) atoms. The summed E-state index contributed by atoms with van der Waals surface area (Å²) in [6, 6.07) is 5.04. The van der Waals surface area contributed by atoms with Gasteiger partial charge in [-0.15, -0.1) is 0 Å². The van der Waals surface area contributed by atoms with Crippen molar-refractivity contribution >= 4 is 5.57 Å². The molecule has 0 radical (unpaired) electrons. The van der Waals surface area contributed by atoms with Gasteiger partial charge in [0, 0.05) is 0 Å². The second-order valence-corrected chi connectivity index (χ2v) is 2.69. The molecule has 0 amide bonds. The minimum atomic E-state index is -0.162. The molecular weight excluding hydrogens is 139 g/mol. The van der Waals surface area contributed by atoms with E-state index in [2.05, 4.69) is 6.58 Å². The molecule has 0 aliphatic rings. The van der Waals surface area contributed by atoms with Gasteiger partial charge in [-0.25, -0.2) is 4.39 Å². The molecule has 0 atom stereocenters. The lowest BCUT2D eigenvalue weighted by Gasteiger charge is -2.04. The van der Waals surface area contributed by atoms with Crippen LogP contribution >= 0.6 is 0 Å². The lowest BCUT2D eigenvalue weighted by molar-refractivity contribution is 0.618. The minimum absolute atomic E-state index is 0.162. The van der Waals surface area contributed by atoms with Crippen LogP contribution in [0.25, 0.3) is 5.57 Å². The molecule has 0 unspecified atom stereocenters. The van der Waals surface area contributed by atoms with Gasteiger partial charge < -0.3 is 0 Å². The van der Waals surface area contributed by atoms with E-state index in [0.717, 1.165) is 11.1 Å². The summed E-state index contributed by atoms with van der Waals surface area (Å²) in [5, 5.41) is 0. The summed E-state index contributed by atoms with van der Waals surface area (Å²) in [6.07, 6.45) is 0. The molecule has 1 heteroatoms. The van der Waals surface area contributed by atoms with E-state index in [-0.39, 0.29) is 5.82 Å². The van der Waals surface area contributed by atoms with E-state index in [1.807, 2.05) is 13.0 Å². The predicted octanol–water partition coefficient (Wildman–Crippen LogP) is 3.17. The number of allylic oxidation sites excluding steroid dienone is 1. The Kier molecular flexibility index (Phi) is 2.08. The van der Waals surface area contributed by atoms with Crippen molar-refractivity contribution in [2.24, 2.45) is 0 Å². The second-order valence-electron chi connectivity index (χ2n) is 2.69. The smallest absolute Gasteiger partial charge is 0.126 e. The molecule has 0 saturated heterocycles. The van der Waals surface area contributed by atoms with Crippen LogP contribution in [-0.4, -0.2) is 0 Å². The maximum atomic E-state index is 12.9. The zero-order valence-corrected chi connectivity index (χ0v) is 6.82. The summed E-state index contributed by atoms with van der Waals surface area (Å²) in [7, 11) is 0. The van der Waals surface area contributed by atoms with Crippen LogP contribution in [-0.2, 0) is 0 Å². The van der Waals surface area contributed by atoms with Gasteiger partial charge in [-0.05, 0) is 31.0 Å². The van der Waals surface area contributed by atoms with Crippen molar-refractivity contribution in [3.8, 4) is 0 Å². The van der Waals surface area contributed by atoms with Crippen LogP contribution in [0.2, 0.25) is 0 Å². The van der Waals surface area contributed by atoms with Crippen molar-refractivity contribution in [2.45, 2.75) is 13.8 Å². The number of hydrogen-bond acceptors (Lipinski definition) is 0. The Morgan fingerprint density at radius 3 is 2.55 bits per heavy atom. The van der Waals surface area contributed by atoms with E-state index in [1.54, 1.807) is 13.0 Å². The molecular formula is C10H11F. The van der Waals surface area contributed by atoms with Gasteiger partial charge >= 0.3 is 0 Å². The van der Waals surface area contributed by atoms with Gasteiger partial charge in [-0.3, -0.25) is 0 Å². The molecule has 0 nitrogen and oxygen atoms in total. The van der Waals surface area contributed by atoms with Crippen molar-refractivity contribution < 1.29 is 4.39 Å². The third kappa shape index (κ3) is 1.48. The van der Waals surface area contributed by atoms with Crippen molar-refractivity contribution in [3.63, 3.8) is 0 Å². The largest absolute Gasteiger partial charge is 0.207 e. The quantitative estimate of drug-likeness (QED) is 0.576. The van der Waals surface area contributed by atoms with E-state index in [1.165, 1.54) is 6.07 Å². The second kappa shape index (κ2) is 2.87. The van der Waals surface area contributed by atoms with Gasteiger partial charge in [-0.2, -0.15) is 0 Å². The number of rotatable bonds is 1. The van der Waals surface area contributed by atoms with Crippen LogP contribution in [0.4, 0.5) is 4.39 Å². The zero-order valence-electron chi connectivity index (χ0n) is 6.82. The van der Waals surface area contributed by atoms with Crippen molar-refractivity contribution in [3.05, 3.63) is 41.7 Å². The normalized spacial score (nSPS) is 9.73. The maximum absolute atomic E-state index is 12.9. The first-order valence-electron chi connectivity index (χ1n) is 3.54. The summed E-state index contributed by atoms with van der Waals surface area (Å²) >= 11 is 0. The van der Waals surface area contributed by atoms with Crippen LogP contribution in [0.1, 0.15) is 18.1 Å². The highest BCUT2D eigenvalue weighted by atomic mass is 19.1. The Hall–Kier alpha value is -1.11. The molecule has 0 saturated carbocycles. The molecule has 0 bridgehead atoms. The molecule has 1 rings (SSSR count). The molecule has 0 N–H and O–H groups in total. The lowest BCUT2D eigenvalue weighted by atomic mass is 10.0. The van der Waals surface area contributed by atoms with E-state index in [9.17, 15) is 4.39 Å². The number of benzene rings is 1. The van der Waals surface area contributed by atoms with Crippen LogP contribution in [0.3, 0.4) is 0 Å². The van der Waals surface area contributed by atoms with Crippen LogP contribution in [0, 0.1) is 12.7 Å². The van der Waals surface area contributed by atoms with Crippen LogP contribution < -0.4 is 0 Å². The van der Waals surface area contributed by atoms with Gasteiger partial charge in [0.25, 0.3) is 0 Å². The lowest BCUT2D eigenvalue weighted by Crippen LogP contribution is -1.88. The van der Waals surface area contributed by atoms with E-state index >= 15 is 0 Å². The van der Waals surface area contributed by atoms with Crippen LogP contribution in [0.15, 0.2) is 24.8 Å². The van der Waals surface area contributed by atoms with E-state index in [0.29, 0.717) is 5.56 Å². The molecule has 1 aromatic carbocycles. The average Bonchev–Trinajstić information content (AvgIpc) is 1.94. The van der Waals surface area contributed by atoms with Gasteiger partial charge in [0.05, 0.1) is 0 Å². The zero-order chi connectivity index (χ0) is 8.43. The summed E-state index contributed by atoms with van der Waals surface area (Å²) in [4.78, 5) is 0. The third-order valence-electron chi connectivity index (χ3n) is 1.73. The Labute approximate surface area is 66.4 Å². The molecule has 1 aromatic rings. The molecule has 0 heterocycles. The monoisotopic (exact) mass is 150 g/mol. The molecule has 58 valence electrons. The first-order valence-corrected chi connectivity index (χ1v) is 3.54. The fourth-order valence-electron chi connectivity index (χ4n) is 1.07. The molecule has 0 spiro atoms. The van der Waals surface area contributed by atoms with E-state index in [4.69, 9.17) is 0 Å². The first-order chi connectivity index (χ1) is 5.13. The fourth-order valence-corrected chi connectivity index (χ4v) is 1.07. The maximum Gasteiger partial charge on any atom is 0.126 e. The molecule has 0 aromatic heterocycles. The number of halogens is 1. The molecule has 0 aliphatic carbocycles. The van der Waals surface area contributed by atoms with Crippen LogP contribution in [0.5, 0.6) is 0 Å². The first kappa shape index (κ1) is 7.99. The Bertz CT molecular complexity index is 287. The average molecular weight is 150 g/mol. The van der Waals surface area contributed by atoms with Crippen molar-refractivity contribution in [1.82, 2.24) is 0 Å². The highest BCUT2D eigenvalue weighted by Crippen LogP contribution is 2.18. The highest BCUT2D eigenvalue weighted by Gasteiger charge is 2.01. The number of hydrogen-bond donors (Lipinski definition) is 0. The summed E-state index contributed by atoms with van der Waals surface area (Å²) in [5.74, 6) is -0.162. The Balaban J connectivity index is 3.27. The van der Waals surface area contributed by atoms with Gasteiger partial charge in [0.2, 0.25) is 0 Å². The van der Waals surface area contributed by atoms with Crippen molar-refractivity contribution in [2.75, 3.05) is 0 Å². The third-order valence-corrected chi connectivity index (χ3v) is 1.73. The summed E-state index contributed by atoms with van der Waals surface area (Å²) < 4.78 is 12.9. The molecule has 0 fully saturated rings. The predicted molar refractivity (Wildman–Crippen MR) is 45.8 cm³/mol. The fraction of sp³-hybridized carbons (Fsp3) is 0.200. The highest BCUT2D eigenvalue weighted by molar-refractivity contribution is 5.64. The standard InChI is InChI=1S/C10H11F/c1-7(2)9-5-4-6-10(11)8(9)3/h4-6H,1H2,2-3H3. The van der Waals surface area contributed by atoms with Gasteiger partial charge in [0.15, 0.2) is 0 Å².